The maximum atomic E-state index is 12.7. The summed E-state index contributed by atoms with van der Waals surface area (Å²) in [4.78, 5) is 25.3. The molecule has 1 N–H and O–H groups in total. The Labute approximate surface area is 208 Å². The smallest absolute Gasteiger partial charge is 0.341 e. The standard InChI is InChI=1S/C23H20BrCl2NO4S/c1-4-30-23(29)19-16(14-5-7-15(25)8-6-14)11-32-22(19)27-18(28)10-31-17-9-12(2)21(26)13(3)20(17)24/h5-9,11H,4,10H2,1-3H3,(H,27,28). The molecule has 3 aromatic rings. The van der Waals surface area contributed by atoms with E-state index in [-0.39, 0.29) is 13.2 Å². The number of aryl methyl sites for hydroxylation is 1. The van der Waals surface area contributed by atoms with Gasteiger partial charge in [0.15, 0.2) is 6.61 Å². The van der Waals surface area contributed by atoms with Gasteiger partial charge in [0.05, 0.1) is 11.1 Å². The molecule has 0 spiro atoms. The minimum Gasteiger partial charge on any atom is -0.483 e. The van der Waals surface area contributed by atoms with Gasteiger partial charge in [-0.2, -0.15) is 0 Å². The molecule has 0 atom stereocenters. The Bertz CT molecular complexity index is 1160. The first-order valence-electron chi connectivity index (χ1n) is 9.65. The topological polar surface area (TPSA) is 64.6 Å². The van der Waals surface area contributed by atoms with Crippen LogP contribution in [0.5, 0.6) is 5.75 Å². The molecule has 3 rings (SSSR count). The number of carbonyl (C=O) groups excluding carboxylic acids is 2. The lowest BCUT2D eigenvalue weighted by molar-refractivity contribution is -0.118. The van der Waals surface area contributed by atoms with E-state index in [1.54, 1.807) is 30.5 Å². The summed E-state index contributed by atoms with van der Waals surface area (Å²) < 4.78 is 11.6. The van der Waals surface area contributed by atoms with E-state index in [4.69, 9.17) is 32.7 Å². The average Bonchev–Trinajstić information content (AvgIpc) is 3.18. The summed E-state index contributed by atoms with van der Waals surface area (Å²) in [5, 5.41) is 6.19. The van der Waals surface area contributed by atoms with Gasteiger partial charge in [0, 0.05) is 21.0 Å². The molecule has 9 heteroatoms. The molecule has 168 valence electrons. The number of amides is 1. The Morgan fingerprint density at radius 2 is 1.84 bits per heavy atom. The van der Waals surface area contributed by atoms with Gasteiger partial charge in [0.2, 0.25) is 0 Å². The first kappa shape index (κ1) is 24.6. The van der Waals surface area contributed by atoms with Gasteiger partial charge in [0.25, 0.3) is 5.91 Å². The Morgan fingerprint density at radius 1 is 1.16 bits per heavy atom. The van der Waals surface area contributed by atoms with E-state index >= 15 is 0 Å². The van der Waals surface area contributed by atoms with E-state index in [0.717, 1.165) is 16.7 Å². The molecule has 0 bridgehead atoms. The fourth-order valence-electron chi connectivity index (χ4n) is 3.01. The summed E-state index contributed by atoms with van der Waals surface area (Å²) in [5.41, 5.74) is 3.43. The van der Waals surface area contributed by atoms with Gasteiger partial charge in [-0.25, -0.2) is 4.79 Å². The molecule has 0 aliphatic rings. The van der Waals surface area contributed by atoms with Crippen LogP contribution in [0.2, 0.25) is 10.0 Å². The van der Waals surface area contributed by atoms with Crippen molar-refractivity contribution in [2.45, 2.75) is 20.8 Å². The fourth-order valence-corrected chi connectivity index (χ4v) is 4.80. The largest absolute Gasteiger partial charge is 0.483 e. The fraction of sp³-hybridized carbons (Fsp3) is 0.217. The van der Waals surface area contributed by atoms with Gasteiger partial charge in [-0.1, -0.05) is 35.3 Å². The van der Waals surface area contributed by atoms with Gasteiger partial charge < -0.3 is 14.8 Å². The summed E-state index contributed by atoms with van der Waals surface area (Å²) in [5.74, 6) is -0.406. The number of esters is 1. The Morgan fingerprint density at radius 3 is 2.50 bits per heavy atom. The molecule has 0 radical (unpaired) electrons. The number of carbonyl (C=O) groups is 2. The normalized spacial score (nSPS) is 10.7. The number of benzene rings is 2. The molecule has 32 heavy (non-hydrogen) atoms. The van der Waals surface area contributed by atoms with Crippen LogP contribution in [0.25, 0.3) is 11.1 Å². The molecule has 0 fully saturated rings. The quantitative estimate of drug-likeness (QED) is 0.310. The van der Waals surface area contributed by atoms with Crippen molar-refractivity contribution >= 4 is 67.3 Å². The predicted octanol–water partition coefficient (Wildman–Crippen LogP) is 7.30. The Kier molecular flexibility index (Phi) is 8.22. The number of rotatable bonds is 7. The van der Waals surface area contributed by atoms with Crippen molar-refractivity contribution in [1.82, 2.24) is 0 Å². The van der Waals surface area contributed by atoms with Crippen LogP contribution in [0.3, 0.4) is 0 Å². The summed E-state index contributed by atoms with van der Waals surface area (Å²) in [7, 11) is 0. The van der Waals surface area contributed by atoms with E-state index in [1.807, 2.05) is 26.0 Å². The summed E-state index contributed by atoms with van der Waals surface area (Å²) in [6.45, 7) is 5.43. The number of thiophene rings is 1. The van der Waals surface area contributed by atoms with Crippen LogP contribution in [-0.2, 0) is 9.53 Å². The van der Waals surface area contributed by atoms with Crippen LogP contribution >= 0.6 is 50.5 Å². The minimum absolute atomic E-state index is 0.217. The number of hydrogen-bond donors (Lipinski definition) is 1. The first-order chi connectivity index (χ1) is 15.2. The van der Waals surface area contributed by atoms with Crippen LogP contribution in [0, 0.1) is 13.8 Å². The first-order valence-corrected chi connectivity index (χ1v) is 12.1. The second kappa shape index (κ2) is 10.7. The van der Waals surface area contributed by atoms with Gasteiger partial charge in [-0.15, -0.1) is 11.3 Å². The van der Waals surface area contributed by atoms with Crippen molar-refractivity contribution in [3.63, 3.8) is 0 Å². The zero-order valence-electron chi connectivity index (χ0n) is 17.6. The van der Waals surface area contributed by atoms with E-state index < -0.39 is 11.9 Å². The lowest BCUT2D eigenvalue weighted by Crippen LogP contribution is -2.21. The molecule has 2 aromatic carbocycles. The second-order valence-corrected chi connectivity index (χ2v) is 9.35. The zero-order valence-corrected chi connectivity index (χ0v) is 21.5. The third kappa shape index (κ3) is 5.46. The van der Waals surface area contributed by atoms with Crippen molar-refractivity contribution < 1.29 is 19.1 Å². The maximum absolute atomic E-state index is 12.7. The highest BCUT2D eigenvalue weighted by Crippen LogP contribution is 2.37. The van der Waals surface area contributed by atoms with E-state index in [2.05, 4.69) is 21.2 Å². The molecule has 0 aliphatic carbocycles. The molecule has 5 nitrogen and oxygen atoms in total. The van der Waals surface area contributed by atoms with Crippen LogP contribution in [0.15, 0.2) is 40.2 Å². The molecule has 0 saturated carbocycles. The summed E-state index contributed by atoms with van der Waals surface area (Å²) in [6, 6.07) is 8.86. The van der Waals surface area contributed by atoms with E-state index in [0.29, 0.717) is 36.4 Å². The van der Waals surface area contributed by atoms with Gasteiger partial charge in [-0.3, -0.25) is 4.79 Å². The van der Waals surface area contributed by atoms with Crippen molar-refractivity contribution in [2.75, 3.05) is 18.5 Å². The molecule has 1 amide bonds. The van der Waals surface area contributed by atoms with Gasteiger partial charge in [-0.05, 0) is 71.6 Å². The van der Waals surface area contributed by atoms with Crippen LogP contribution in [0.4, 0.5) is 5.00 Å². The molecule has 1 heterocycles. The van der Waals surface area contributed by atoms with Crippen molar-refractivity contribution in [1.29, 1.82) is 0 Å². The zero-order chi connectivity index (χ0) is 23.4. The van der Waals surface area contributed by atoms with E-state index in [9.17, 15) is 9.59 Å². The lowest BCUT2D eigenvalue weighted by atomic mass is 10.0. The number of halogens is 3. The molecule has 1 aromatic heterocycles. The molecular weight excluding hydrogens is 537 g/mol. The number of anilines is 1. The van der Waals surface area contributed by atoms with Crippen LogP contribution < -0.4 is 10.1 Å². The third-order valence-corrected chi connectivity index (χ3v) is 7.32. The molecular formula is C23H20BrCl2NO4S. The monoisotopic (exact) mass is 555 g/mol. The van der Waals surface area contributed by atoms with Crippen LogP contribution in [0.1, 0.15) is 28.4 Å². The predicted molar refractivity (Wildman–Crippen MR) is 133 cm³/mol. The number of nitrogens with one attached hydrogen (secondary N) is 1. The summed E-state index contributed by atoms with van der Waals surface area (Å²) in [6.07, 6.45) is 0. The second-order valence-electron chi connectivity index (χ2n) is 6.86. The highest BCUT2D eigenvalue weighted by atomic mass is 79.9. The van der Waals surface area contributed by atoms with Crippen molar-refractivity contribution in [3.8, 4) is 16.9 Å². The van der Waals surface area contributed by atoms with Crippen molar-refractivity contribution in [2.24, 2.45) is 0 Å². The van der Waals surface area contributed by atoms with Gasteiger partial charge >= 0.3 is 5.97 Å². The minimum atomic E-state index is -0.512. The van der Waals surface area contributed by atoms with E-state index in [1.165, 1.54) is 11.3 Å². The average molecular weight is 557 g/mol. The Hall–Kier alpha value is -2.06. The lowest BCUT2D eigenvalue weighted by Gasteiger charge is -2.13. The SMILES string of the molecule is CCOC(=O)c1c(-c2ccc(Cl)cc2)csc1NC(=O)COc1cc(C)c(Cl)c(C)c1Br. The molecule has 0 aliphatic heterocycles. The van der Waals surface area contributed by atoms with Gasteiger partial charge in [0.1, 0.15) is 16.3 Å². The van der Waals surface area contributed by atoms with Crippen molar-refractivity contribution in [3.05, 3.63) is 66.9 Å². The maximum Gasteiger partial charge on any atom is 0.341 e. The highest BCUT2D eigenvalue weighted by Gasteiger charge is 2.23. The highest BCUT2D eigenvalue weighted by molar-refractivity contribution is 9.10. The summed E-state index contributed by atoms with van der Waals surface area (Å²) >= 11 is 16.9. The molecule has 0 saturated heterocycles. The third-order valence-electron chi connectivity index (χ3n) is 4.61. The Balaban J connectivity index is 1.81. The number of hydrogen-bond acceptors (Lipinski definition) is 5. The van der Waals surface area contributed by atoms with Crippen LogP contribution in [-0.4, -0.2) is 25.1 Å². The molecule has 0 unspecified atom stereocenters. The number of ether oxygens (including phenoxy) is 2.